The second kappa shape index (κ2) is 7.17. The average molecular weight is 352 g/mol. The van der Waals surface area contributed by atoms with Gasteiger partial charge >= 0.3 is 0 Å². The van der Waals surface area contributed by atoms with Crippen molar-refractivity contribution in [1.29, 1.82) is 0 Å². The Balaban J connectivity index is 1.77. The monoisotopic (exact) mass is 351 g/mol. The van der Waals surface area contributed by atoms with Crippen LogP contribution in [0.5, 0.6) is 5.88 Å². The number of ether oxygens (including phenoxy) is 1. The highest BCUT2D eigenvalue weighted by molar-refractivity contribution is 6.30. The Bertz CT molecular complexity index is 717. The highest BCUT2D eigenvalue weighted by atomic mass is 35.5. The van der Waals surface area contributed by atoms with Gasteiger partial charge in [-0.25, -0.2) is 19.3 Å². The molecule has 1 atom stereocenters. The molecule has 6 nitrogen and oxygen atoms in total. The number of aromatic nitrogens is 3. The van der Waals surface area contributed by atoms with E-state index >= 15 is 0 Å². The van der Waals surface area contributed by atoms with Crippen molar-refractivity contribution >= 4 is 23.2 Å². The van der Waals surface area contributed by atoms with E-state index in [0.29, 0.717) is 23.3 Å². The van der Waals surface area contributed by atoms with E-state index in [-0.39, 0.29) is 6.04 Å². The van der Waals surface area contributed by atoms with Crippen molar-refractivity contribution in [2.24, 2.45) is 0 Å². The topological polar surface area (TPSA) is 54.4 Å². The molecule has 1 aliphatic rings. The van der Waals surface area contributed by atoms with E-state index < -0.39 is 5.82 Å². The Labute approximate surface area is 145 Å². The van der Waals surface area contributed by atoms with E-state index in [1.807, 2.05) is 11.9 Å². The molecule has 0 saturated carbocycles. The third kappa shape index (κ3) is 3.51. The predicted molar refractivity (Wildman–Crippen MR) is 91.4 cm³/mol. The van der Waals surface area contributed by atoms with Gasteiger partial charge in [0.1, 0.15) is 12.1 Å². The maximum absolute atomic E-state index is 14.1. The molecule has 1 saturated heterocycles. The molecule has 1 fully saturated rings. The van der Waals surface area contributed by atoms with Gasteiger partial charge in [0.25, 0.3) is 0 Å². The van der Waals surface area contributed by atoms with E-state index in [1.165, 1.54) is 18.6 Å². The molecule has 1 aliphatic heterocycles. The number of pyridine rings is 1. The van der Waals surface area contributed by atoms with Crippen LogP contribution in [-0.4, -0.2) is 48.2 Å². The van der Waals surface area contributed by atoms with Crippen molar-refractivity contribution in [2.45, 2.75) is 18.9 Å². The van der Waals surface area contributed by atoms with Gasteiger partial charge < -0.3 is 14.5 Å². The molecule has 128 valence electrons. The lowest BCUT2D eigenvalue weighted by Gasteiger charge is -2.38. The van der Waals surface area contributed by atoms with E-state index in [4.69, 9.17) is 16.3 Å². The minimum absolute atomic E-state index is 0.190. The first-order chi connectivity index (χ1) is 11.6. The van der Waals surface area contributed by atoms with Crippen LogP contribution >= 0.6 is 11.6 Å². The molecule has 0 radical (unpaired) electrons. The van der Waals surface area contributed by atoms with E-state index in [9.17, 15) is 4.39 Å². The molecule has 3 heterocycles. The molecule has 3 rings (SSSR count). The Kier molecular flexibility index (Phi) is 4.99. The maximum Gasteiger partial charge on any atom is 0.218 e. The summed E-state index contributed by atoms with van der Waals surface area (Å²) in [4.78, 5) is 16.5. The zero-order chi connectivity index (χ0) is 17.1. The third-order valence-corrected chi connectivity index (χ3v) is 4.44. The number of hydrogen-bond donors (Lipinski definition) is 0. The quantitative estimate of drug-likeness (QED) is 0.844. The van der Waals surface area contributed by atoms with Crippen LogP contribution in [0.2, 0.25) is 5.02 Å². The number of anilines is 2. The molecule has 0 aromatic carbocycles. The van der Waals surface area contributed by atoms with Gasteiger partial charge in [0, 0.05) is 38.4 Å². The number of nitrogens with zero attached hydrogens (tertiary/aromatic N) is 5. The molecule has 0 N–H and O–H groups in total. The molecular formula is C16H19ClFN5O. The number of piperidine rings is 1. The van der Waals surface area contributed by atoms with Gasteiger partial charge in [0.05, 0.1) is 12.1 Å². The van der Waals surface area contributed by atoms with Crippen LogP contribution in [0.4, 0.5) is 16.0 Å². The SMILES string of the molecule is COc1cc(N(C)C2CCCN(c3ncc(Cl)cc3F)C2)ncn1. The lowest BCUT2D eigenvalue weighted by Crippen LogP contribution is -2.47. The second-order valence-electron chi connectivity index (χ2n) is 5.73. The number of methoxy groups -OCH3 is 1. The molecule has 24 heavy (non-hydrogen) atoms. The molecule has 0 spiro atoms. The largest absolute Gasteiger partial charge is 0.481 e. The third-order valence-electron chi connectivity index (χ3n) is 4.23. The number of halogens is 2. The highest BCUT2D eigenvalue weighted by Gasteiger charge is 2.26. The van der Waals surface area contributed by atoms with E-state index in [1.54, 1.807) is 13.2 Å². The maximum atomic E-state index is 14.1. The van der Waals surface area contributed by atoms with Crippen LogP contribution in [0, 0.1) is 5.82 Å². The van der Waals surface area contributed by atoms with Gasteiger partial charge in [-0.3, -0.25) is 0 Å². The fourth-order valence-electron chi connectivity index (χ4n) is 2.92. The number of likely N-dealkylation sites (N-methyl/N-ethyl adjacent to an activating group) is 1. The lowest BCUT2D eigenvalue weighted by atomic mass is 10.0. The molecule has 2 aromatic heterocycles. The van der Waals surface area contributed by atoms with Crippen molar-refractivity contribution in [3.8, 4) is 5.88 Å². The Morgan fingerprint density at radius 2 is 2.17 bits per heavy atom. The fourth-order valence-corrected chi connectivity index (χ4v) is 3.07. The van der Waals surface area contributed by atoms with E-state index in [2.05, 4.69) is 19.9 Å². The summed E-state index contributed by atoms with van der Waals surface area (Å²) in [5.41, 5.74) is 0. The second-order valence-corrected chi connectivity index (χ2v) is 6.17. The zero-order valence-corrected chi connectivity index (χ0v) is 14.4. The smallest absolute Gasteiger partial charge is 0.218 e. The molecule has 2 aromatic rings. The summed E-state index contributed by atoms with van der Waals surface area (Å²) >= 11 is 5.79. The van der Waals surface area contributed by atoms with Crippen molar-refractivity contribution in [3.63, 3.8) is 0 Å². The summed E-state index contributed by atoms with van der Waals surface area (Å²) in [5, 5.41) is 0.301. The minimum atomic E-state index is -0.394. The minimum Gasteiger partial charge on any atom is -0.481 e. The summed E-state index contributed by atoms with van der Waals surface area (Å²) in [7, 11) is 3.55. The van der Waals surface area contributed by atoms with Crippen LogP contribution in [0.15, 0.2) is 24.7 Å². The van der Waals surface area contributed by atoms with Gasteiger partial charge in [0.2, 0.25) is 5.88 Å². The van der Waals surface area contributed by atoms with Crippen molar-refractivity contribution in [1.82, 2.24) is 15.0 Å². The van der Waals surface area contributed by atoms with Crippen LogP contribution in [0.1, 0.15) is 12.8 Å². The molecule has 8 heteroatoms. The lowest BCUT2D eigenvalue weighted by molar-refractivity contribution is 0.396. The normalized spacial score (nSPS) is 17.7. The average Bonchev–Trinajstić information content (AvgIpc) is 2.61. The molecular weight excluding hydrogens is 333 g/mol. The zero-order valence-electron chi connectivity index (χ0n) is 13.6. The summed E-state index contributed by atoms with van der Waals surface area (Å²) < 4.78 is 19.3. The molecule has 1 unspecified atom stereocenters. The number of rotatable bonds is 4. The van der Waals surface area contributed by atoms with Crippen LogP contribution in [0.25, 0.3) is 0 Å². The van der Waals surface area contributed by atoms with Crippen molar-refractivity contribution in [3.05, 3.63) is 35.5 Å². The van der Waals surface area contributed by atoms with Gasteiger partial charge in [0.15, 0.2) is 11.6 Å². The Morgan fingerprint density at radius 1 is 1.33 bits per heavy atom. The predicted octanol–water partition coefficient (Wildman–Crippen LogP) is 2.78. The summed E-state index contributed by atoms with van der Waals surface area (Å²) in [5.74, 6) is 1.25. The standard InChI is InChI=1S/C16H19ClFN5O/c1-22(14-7-15(24-2)21-10-20-14)12-4-3-5-23(9-12)16-13(18)6-11(17)8-19-16/h6-8,10,12H,3-5,9H2,1-2H3. The summed E-state index contributed by atoms with van der Waals surface area (Å²) in [6.07, 6.45) is 4.89. The highest BCUT2D eigenvalue weighted by Crippen LogP contribution is 2.26. The summed E-state index contributed by atoms with van der Waals surface area (Å²) in [6, 6.07) is 3.28. The van der Waals surface area contributed by atoms with Gasteiger partial charge in [-0.15, -0.1) is 0 Å². The van der Waals surface area contributed by atoms with Crippen molar-refractivity contribution < 1.29 is 9.13 Å². The molecule has 0 aliphatic carbocycles. The Morgan fingerprint density at radius 3 is 2.92 bits per heavy atom. The first-order valence-corrected chi connectivity index (χ1v) is 8.11. The van der Waals surface area contributed by atoms with Gasteiger partial charge in [-0.05, 0) is 18.9 Å². The molecule has 0 amide bonds. The fraction of sp³-hybridized carbons (Fsp3) is 0.438. The molecule has 0 bridgehead atoms. The van der Waals surface area contributed by atoms with Crippen LogP contribution in [0.3, 0.4) is 0 Å². The van der Waals surface area contributed by atoms with Gasteiger partial charge in [-0.1, -0.05) is 11.6 Å². The summed E-state index contributed by atoms with van der Waals surface area (Å²) in [6.45, 7) is 1.43. The first kappa shape index (κ1) is 16.7. The van der Waals surface area contributed by atoms with Gasteiger partial charge in [-0.2, -0.15) is 0 Å². The first-order valence-electron chi connectivity index (χ1n) is 7.73. The van der Waals surface area contributed by atoms with Crippen LogP contribution < -0.4 is 14.5 Å². The number of hydrogen-bond acceptors (Lipinski definition) is 6. The van der Waals surface area contributed by atoms with E-state index in [0.717, 1.165) is 25.2 Å². The van der Waals surface area contributed by atoms with Crippen LogP contribution in [-0.2, 0) is 0 Å². The Hall–Kier alpha value is -2.15. The van der Waals surface area contributed by atoms with Crippen molar-refractivity contribution in [2.75, 3.05) is 37.0 Å².